The number of carbonyl (C=O) groups is 1. The zero-order chi connectivity index (χ0) is 30.0. The van der Waals surface area contributed by atoms with E-state index < -0.39 is 0 Å². The predicted octanol–water partition coefficient (Wildman–Crippen LogP) is 1.12. The highest BCUT2D eigenvalue weighted by Crippen LogP contribution is 2.05. The lowest BCUT2D eigenvalue weighted by molar-refractivity contribution is -0.151. The third kappa shape index (κ3) is 44.1. The van der Waals surface area contributed by atoms with Gasteiger partial charge in [-0.05, 0) is 20.8 Å². The van der Waals surface area contributed by atoms with E-state index in [0.717, 1.165) is 0 Å². The Kier molecular flexibility index (Phi) is 35.2. The van der Waals surface area contributed by atoms with Gasteiger partial charge in [0.25, 0.3) is 0 Å². The molecule has 0 fully saturated rings. The van der Waals surface area contributed by atoms with Gasteiger partial charge in [-0.2, -0.15) is 0 Å². The van der Waals surface area contributed by atoms with Crippen molar-refractivity contribution in [1.82, 2.24) is 0 Å². The van der Waals surface area contributed by atoms with Gasteiger partial charge in [-0.1, -0.05) is 0 Å². The smallest absolute Gasteiger partial charge is 0.303 e. The van der Waals surface area contributed by atoms with Crippen LogP contribution in [0, 0.1) is 0 Å². The van der Waals surface area contributed by atoms with Crippen molar-refractivity contribution in [3.05, 3.63) is 0 Å². The maximum atomic E-state index is 10.2. The van der Waals surface area contributed by atoms with E-state index in [-0.39, 0.29) is 18.2 Å². The standard InChI is InChI=1S/C21H44O11.C6H12O2/c1-23-4-5-25-8-9-27-12-13-29-16-17-31-20-21-32-19-18-30-15-14-28-11-10-26-7-6-24-3-2-22;1-5(7)8-6(2,3)4/h22H,2-21H2,1H3;1-4H3. The summed E-state index contributed by atoms with van der Waals surface area (Å²) in [7, 11) is 1.64. The molecule has 0 aliphatic rings. The van der Waals surface area contributed by atoms with Crippen molar-refractivity contribution >= 4 is 5.97 Å². The molecule has 0 aromatic rings. The molecule has 1 N–H and O–H groups in total. The predicted molar refractivity (Wildman–Crippen MR) is 148 cm³/mol. The van der Waals surface area contributed by atoms with Gasteiger partial charge in [-0.25, -0.2) is 0 Å². The average molecular weight is 589 g/mol. The zero-order valence-electron chi connectivity index (χ0n) is 25.5. The van der Waals surface area contributed by atoms with Crippen LogP contribution in [0.3, 0.4) is 0 Å². The molecule has 0 spiro atoms. The van der Waals surface area contributed by atoms with Gasteiger partial charge < -0.3 is 57.2 Å². The van der Waals surface area contributed by atoms with Crippen LogP contribution in [0.4, 0.5) is 0 Å². The van der Waals surface area contributed by atoms with Gasteiger partial charge in [0.2, 0.25) is 0 Å². The first-order valence-corrected chi connectivity index (χ1v) is 13.8. The molecule has 0 saturated heterocycles. The Morgan fingerprint density at radius 1 is 0.475 bits per heavy atom. The molecule has 0 radical (unpaired) electrons. The Labute approximate surface area is 240 Å². The second kappa shape index (κ2) is 34.2. The molecule has 0 unspecified atom stereocenters. The van der Waals surface area contributed by atoms with Crippen LogP contribution < -0.4 is 0 Å². The van der Waals surface area contributed by atoms with Crippen molar-refractivity contribution < 1.29 is 62.0 Å². The molecule has 0 aliphatic heterocycles. The summed E-state index contributed by atoms with van der Waals surface area (Å²) >= 11 is 0. The molecule has 242 valence electrons. The van der Waals surface area contributed by atoms with Gasteiger partial charge in [-0.15, -0.1) is 0 Å². The molecule has 0 aromatic carbocycles. The fourth-order valence-electron chi connectivity index (χ4n) is 2.50. The SMILES string of the molecule is CC(=O)OC(C)(C)C.COCCOCCOCCOCCOCCOCCOCCOCCOCCOCCO. The lowest BCUT2D eigenvalue weighted by Gasteiger charge is -2.17. The number of carbonyl (C=O) groups excluding carboxylic acids is 1. The van der Waals surface area contributed by atoms with E-state index in [2.05, 4.69) is 0 Å². The summed E-state index contributed by atoms with van der Waals surface area (Å²) in [6.45, 7) is 16.8. The van der Waals surface area contributed by atoms with Crippen LogP contribution in [0.5, 0.6) is 0 Å². The van der Waals surface area contributed by atoms with Crippen molar-refractivity contribution in [2.75, 3.05) is 139 Å². The molecule has 0 saturated carbocycles. The van der Waals surface area contributed by atoms with Gasteiger partial charge in [0.1, 0.15) is 5.60 Å². The number of rotatable bonds is 29. The van der Waals surface area contributed by atoms with Crippen LogP contribution in [-0.4, -0.2) is 156 Å². The lowest BCUT2D eigenvalue weighted by Crippen LogP contribution is -2.21. The van der Waals surface area contributed by atoms with Crippen LogP contribution in [-0.2, 0) is 56.9 Å². The number of aliphatic hydroxyl groups is 1. The summed E-state index contributed by atoms with van der Waals surface area (Å²) in [5.74, 6) is -0.225. The number of ether oxygens (including phenoxy) is 11. The van der Waals surface area contributed by atoms with Gasteiger partial charge in [0, 0.05) is 14.0 Å². The molecule has 0 atom stereocenters. The molecule has 0 rings (SSSR count). The molecule has 0 aromatic heterocycles. The lowest BCUT2D eigenvalue weighted by atomic mass is 10.2. The summed E-state index contributed by atoms with van der Waals surface area (Å²) in [4.78, 5) is 10.2. The van der Waals surface area contributed by atoms with Gasteiger partial charge in [-0.3, -0.25) is 4.79 Å². The Morgan fingerprint density at radius 2 is 0.700 bits per heavy atom. The Morgan fingerprint density at radius 3 is 0.850 bits per heavy atom. The number of methoxy groups -OCH3 is 1. The quantitative estimate of drug-likeness (QED) is 0.0987. The Balaban J connectivity index is 0. The summed E-state index contributed by atoms with van der Waals surface area (Å²) in [6, 6.07) is 0. The minimum Gasteiger partial charge on any atom is -0.460 e. The molecule has 0 aliphatic carbocycles. The average Bonchev–Trinajstić information content (AvgIpc) is 2.89. The normalized spacial score (nSPS) is 11.3. The minimum absolute atomic E-state index is 0.0301. The van der Waals surface area contributed by atoms with Crippen molar-refractivity contribution in [3.63, 3.8) is 0 Å². The second-order valence-corrected chi connectivity index (χ2v) is 8.93. The first-order valence-electron chi connectivity index (χ1n) is 13.8. The minimum atomic E-state index is -0.328. The van der Waals surface area contributed by atoms with Crippen molar-refractivity contribution in [2.24, 2.45) is 0 Å². The fourth-order valence-corrected chi connectivity index (χ4v) is 2.50. The van der Waals surface area contributed by atoms with Crippen LogP contribution in [0.2, 0.25) is 0 Å². The summed E-state index contributed by atoms with van der Waals surface area (Å²) < 4.78 is 57.7. The van der Waals surface area contributed by atoms with Crippen molar-refractivity contribution in [3.8, 4) is 0 Å². The molecule has 0 amide bonds. The summed E-state index contributed by atoms with van der Waals surface area (Å²) in [6.07, 6.45) is 0. The monoisotopic (exact) mass is 588 g/mol. The zero-order valence-corrected chi connectivity index (χ0v) is 25.5. The molecule has 0 heterocycles. The van der Waals surface area contributed by atoms with E-state index in [4.69, 9.17) is 57.2 Å². The van der Waals surface area contributed by atoms with E-state index in [1.54, 1.807) is 7.11 Å². The molecular formula is C27H56O13. The molecule has 0 bridgehead atoms. The Hall–Kier alpha value is -0.970. The number of hydrogen-bond donors (Lipinski definition) is 1. The van der Waals surface area contributed by atoms with Crippen molar-refractivity contribution in [1.29, 1.82) is 0 Å². The van der Waals surface area contributed by atoms with Crippen LogP contribution in [0.25, 0.3) is 0 Å². The van der Waals surface area contributed by atoms with Gasteiger partial charge in [0.15, 0.2) is 0 Å². The summed E-state index contributed by atoms with van der Waals surface area (Å²) in [5.41, 5.74) is -0.328. The third-order valence-corrected chi connectivity index (χ3v) is 4.09. The third-order valence-electron chi connectivity index (χ3n) is 4.09. The highest BCUT2D eigenvalue weighted by Gasteiger charge is 2.11. The molecule has 13 heteroatoms. The number of hydrogen-bond acceptors (Lipinski definition) is 13. The van der Waals surface area contributed by atoms with E-state index in [1.165, 1.54) is 6.92 Å². The van der Waals surface area contributed by atoms with Crippen LogP contribution >= 0.6 is 0 Å². The van der Waals surface area contributed by atoms with E-state index in [9.17, 15) is 4.79 Å². The maximum Gasteiger partial charge on any atom is 0.303 e. The first kappa shape index (κ1) is 41.2. The van der Waals surface area contributed by atoms with Crippen molar-refractivity contribution in [2.45, 2.75) is 33.3 Å². The van der Waals surface area contributed by atoms with Crippen LogP contribution in [0.15, 0.2) is 0 Å². The molecule has 13 nitrogen and oxygen atoms in total. The van der Waals surface area contributed by atoms with Gasteiger partial charge >= 0.3 is 5.97 Å². The van der Waals surface area contributed by atoms with E-state index in [0.29, 0.717) is 126 Å². The highest BCUT2D eigenvalue weighted by molar-refractivity contribution is 5.66. The fraction of sp³-hybridized carbons (Fsp3) is 0.963. The Bertz CT molecular complexity index is 460. The molecule has 40 heavy (non-hydrogen) atoms. The second-order valence-electron chi connectivity index (χ2n) is 8.93. The van der Waals surface area contributed by atoms with E-state index >= 15 is 0 Å². The summed E-state index contributed by atoms with van der Waals surface area (Å²) in [5, 5.41) is 8.54. The van der Waals surface area contributed by atoms with Gasteiger partial charge in [0.05, 0.1) is 132 Å². The number of aliphatic hydroxyl groups excluding tert-OH is 1. The maximum absolute atomic E-state index is 10.2. The topological polar surface area (TPSA) is 139 Å². The highest BCUT2D eigenvalue weighted by atomic mass is 16.6. The first-order chi connectivity index (χ1) is 19.3. The number of esters is 1. The largest absolute Gasteiger partial charge is 0.460 e. The van der Waals surface area contributed by atoms with E-state index in [1.807, 2.05) is 20.8 Å². The molecular weight excluding hydrogens is 532 g/mol. The van der Waals surface area contributed by atoms with Crippen LogP contribution in [0.1, 0.15) is 27.7 Å².